The molecule has 9 heteroatoms. The maximum atomic E-state index is 12.3. The monoisotopic (exact) mass is 335 g/mol. The van der Waals surface area contributed by atoms with Crippen molar-refractivity contribution >= 4 is 11.9 Å². The molecule has 0 radical (unpaired) electrons. The first kappa shape index (κ1) is 18.8. The molecule has 0 saturated heterocycles. The van der Waals surface area contributed by atoms with Gasteiger partial charge in [-0.1, -0.05) is 18.2 Å². The molecule has 0 aliphatic carbocycles. The molecule has 1 aromatic rings. The Labute approximate surface area is 129 Å². The first-order valence-electron chi connectivity index (χ1n) is 6.57. The standard InChI is InChI=1S/C14H16F3NO5/c1-13(22,12(20)21)8-18-11(19)7-6-9-4-2-3-5-10(9)23-14(15,16)17/h2-5,22H,6-8H2,1H3,(H,18,19)(H,20,21). The summed E-state index contributed by atoms with van der Waals surface area (Å²) in [5.41, 5.74) is -1.93. The van der Waals surface area contributed by atoms with Gasteiger partial charge in [0.25, 0.3) is 0 Å². The number of carbonyl (C=O) groups excluding carboxylic acids is 1. The van der Waals surface area contributed by atoms with Gasteiger partial charge in [-0.3, -0.25) is 4.79 Å². The third-order valence-electron chi connectivity index (χ3n) is 2.91. The lowest BCUT2D eigenvalue weighted by molar-refractivity contribution is -0.274. The zero-order valence-electron chi connectivity index (χ0n) is 12.2. The number of ether oxygens (including phenoxy) is 1. The summed E-state index contributed by atoms with van der Waals surface area (Å²) in [6, 6.07) is 5.40. The van der Waals surface area contributed by atoms with Crippen LogP contribution in [0.2, 0.25) is 0 Å². The Kier molecular flexibility index (Phi) is 5.97. The highest BCUT2D eigenvalue weighted by Crippen LogP contribution is 2.26. The number of aliphatic carboxylic acids is 1. The first-order chi connectivity index (χ1) is 10.5. The third kappa shape index (κ3) is 6.55. The van der Waals surface area contributed by atoms with Gasteiger partial charge in [-0.15, -0.1) is 13.2 Å². The van der Waals surface area contributed by atoms with Crippen LogP contribution in [-0.4, -0.2) is 40.6 Å². The normalized spacial score (nSPS) is 14.0. The molecular formula is C14H16F3NO5. The van der Waals surface area contributed by atoms with Crippen molar-refractivity contribution < 1.29 is 37.7 Å². The third-order valence-corrected chi connectivity index (χ3v) is 2.91. The van der Waals surface area contributed by atoms with Crippen LogP contribution >= 0.6 is 0 Å². The quantitative estimate of drug-likeness (QED) is 0.701. The highest BCUT2D eigenvalue weighted by molar-refractivity contribution is 5.80. The number of benzene rings is 1. The lowest BCUT2D eigenvalue weighted by atomic mass is 10.1. The van der Waals surface area contributed by atoms with Gasteiger partial charge in [0.1, 0.15) is 5.75 Å². The number of nitrogens with one attached hydrogen (secondary N) is 1. The van der Waals surface area contributed by atoms with Crippen molar-refractivity contribution in [3.05, 3.63) is 29.8 Å². The van der Waals surface area contributed by atoms with Crippen molar-refractivity contribution in [3.8, 4) is 5.75 Å². The van der Waals surface area contributed by atoms with Crippen LogP contribution in [0.3, 0.4) is 0 Å². The number of aryl methyl sites for hydroxylation is 1. The molecule has 0 aliphatic rings. The summed E-state index contributed by atoms with van der Waals surface area (Å²) in [7, 11) is 0. The van der Waals surface area contributed by atoms with Gasteiger partial charge in [-0.05, 0) is 25.0 Å². The minimum Gasteiger partial charge on any atom is -0.479 e. The number of aliphatic hydroxyl groups is 1. The zero-order valence-corrected chi connectivity index (χ0v) is 12.2. The number of rotatable bonds is 7. The molecule has 23 heavy (non-hydrogen) atoms. The van der Waals surface area contributed by atoms with E-state index in [0.717, 1.165) is 13.0 Å². The molecule has 0 aliphatic heterocycles. The number of halogens is 3. The topological polar surface area (TPSA) is 95.9 Å². The Balaban J connectivity index is 2.58. The molecule has 3 N–H and O–H groups in total. The lowest BCUT2D eigenvalue weighted by Crippen LogP contribution is -2.46. The van der Waals surface area contributed by atoms with Crippen molar-refractivity contribution in [1.82, 2.24) is 5.32 Å². The predicted octanol–water partition coefficient (Wildman–Crippen LogP) is 1.47. The Hall–Kier alpha value is -2.29. The Morgan fingerprint density at radius 2 is 1.87 bits per heavy atom. The van der Waals surface area contributed by atoms with Gasteiger partial charge in [0.2, 0.25) is 5.91 Å². The average Bonchev–Trinajstić information content (AvgIpc) is 2.42. The molecule has 128 valence electrons. The molecule has 0 fully saturated rings. The SMILES string of the molecule is CC(O)(CNC(=O)CCc1ccccc1OC(F)(F)F)C(=O)O. The number of para-hydroxylation sites is 1. The fourth-order valence-electron chi connectivity index (χ4n) is 1.62. The molecule has 1 aromatic carbocycles. The average molecular weight is 335 g/mol. The van der Waals surface area contributed by atoms with Crippen LogP contribution in [0.1, 0.15) is 18.9 Å². The molecule has 1 amide bonds. The van der Waals surface area contributed by atoms with Crippen LogP contribution in [0.15, 0.2) is 24.3 Å². The number of carboxylic acid groups (broad SMARTS) is 1. The van der Waals surface area contributed by atoms with Gasteiger partial charge in [0.15, 0.2) is 5.60 Å². The predicted molar refractivity (Wildman–Crippen MR) is 72.7 cm³/mol. The second-order valence-corrected chi connectivity index (χ2v) is 5.01. The van der Waals surface area contributed by atoms with E-state index in [1.807, 2.05) is 0 Å². The minimum atomic E-state index is -4.83. The van der Waals surface area contributed by atoms with E-state index < -0.39 is 36.1 Å². The van der Waals surface area contributed by atoms with E-state index >= 15 is 0 Å². The van der Waals surface area contributed by atoms with E-state index in [4.69, 9.17) is 5.11 Å². The molecule has 0 spiro atoms. The summed E-state index contributed by atoms with van der Waals surface area (Å²) in [6.07, 6.45) is -5.06. The number of hydrogen-bond acceptors (Lipinski definition) is 4. The van der Waals surface area contributed by atoms with Gasteiger partial charge < -0.3 is 20.3 Å². The van der Waals surface area contributed by atoms with Crippen molar-refractivity contribution in [2.24, 2.45) is 0 Å². The van der Waals surface area contributed by atoms with Crippen molar-refractivity contribution in [3.63, 3.8) is 0 Å². The van der Waals surface area contributed by atoms with Crippen LogP contribution in [-0.2, 0) is 16.0 Å². The summed E-state index contributed by atoms with van der Waals surface area (Å²) in [5.74, 6) is -2.50. The van der Waals surface area contributed by atoms with Crippen LogP contribution in [0.25, 0.3) is 0 Å². The van der Waals surface area contributed by atoms with E-state index in [1.54, 1.807) is 0 Å². The van der Waals surface area contributed by atoms with E-state index in [9.17, 15) is 27.9 Å². The summed E-state index contributed by atoms with van der Waals surface area (Å²) in [4.78, 5) is 22.3. The van der Waals surface area contributed by atoms with Crippen molar-refractivity contribution in [2.45, 2.75) is 31.7 Å². The van der Waals surface area contributed by atoms with Gasteiger partial charge in [-0.25, -0.2) is 4.79 Å². The largest absolute Gasteiger partial charge is 0.573 e. The van der Waals surface area contributed by atoms with Crippen molar-refractivity contribution in [2.75, 3.05) is 6.54 Å². The summed E-state index contributed by atoms with van der Waals surface area (Å²) in [6.45, 7) is 0.504. The van der Waals surface area contributed by atoms with E-state index in [1.165, 1.54) is 18.2 Å². The van der Waals surface area contributed by atoms with Crippen LogP contribution in [0, 0.1) is 0 Å². The molecule has 6 nitrogen and oxygen atoms in total. The Morgan fingerprint density at radius 1 is 1.26 bits per heavy atom. The van der Waals surface area contributed by atoms with E-state index in [-0.39, 0.29) is 18.4 Å². The molecule has 0 saturated carbocycles. The second-order valence-electron chi connectivity index (χ2n) is 5.01. The highest BCUT2D eigenvalue weighted by atomic mass is 19.4. The van der Waals surface area contributed by atoms with E-state index in [0.29, 0.717) is 0 Å². The van der Waals surface area contributed by atoms with Gasteiger partial charge in [0.05, 0.1) is 6.54 Å². The molecule has 0 aromatic heterocycles. The Morgan fingerprint density at radius 3 is 2.43 bits per heavy atom. The van der Waals surface area contributed by atoms with Crippen LogP contribution < -0.4 is 10.1 Å². The summed E-state index contributed by atoms with van der Waals surface area (Å²) in [5, 5.41) is 20.3. The molecule has 1 unspecified atom stereocenters. The molecule has 1 atom stereocenters. The van der Waals surface area contributed by atoms with Crippen LogP contribution in [0.4, 0.5) is 13.2 Å². The summed E-state index contributed by atoms with van der Waals surface area (Å²) < 4.78 is 40.7. The maximum absolute atomic E-state index is 12.3. The zero-order chi connectivity index (χ0) is 17.7. The fraction of sp³-hybridized carbons (Fsp3) is 0.429. The fourth-order valence-corrected chi connectivity index (χ4v) is 1.62. The molecule has 1 rings (SSSR count). The minimum absolute atomic E-state index is 0.0344. The number of carboxylic acids is 1. The second kappa shape index (κ2) is 7.32. The number of hydrogen-bond donors (Lipinski definition) is 3. The smallest absolute Gasteiger partial charge is 0.479 e. The molecule has 0 heterocycles. The highest BCUT2D eigenvalue weighted by Gasteiger charge is 2.32. The van der Waals surface area contributed by atoms with Gasteiger partial charge >= 0.3 is 12.3 Å². The molecular weight excluding hydrogens is 319 g/mol. The number of alkyl halides is 3. The molecule has 0 bridgehead atoms. The lowest BCUT2D eigenvalue weighted by Gasteiger charge is -2.18. The van der Waals surface area contributed by atoms with E-state index in [2.05, 4.69) is 10.1 Å². The Bertz CT molecular complexity index is 572. The van der Waals surface area contributed by atoms with Crippen molar-refractivity contribution in [1.29, 1.82) is 0 Å². The maximum Gasteiger partial charge on any atom is 0.573 e. The van der Waals surface area contributed by atoms with Gasteiger partial charge in [-0.2, -0.15) is 0 Å². The number of carbonyl (C=O) groups is 2. The van der Waals surface area contributed by atoms with Gasteiger partial charge in [0, 0.05) is 6.42 Å². The van der Waals surface area contributed by atoms with Crippen LogP contribution in [0.5, 0.6) is 5.75 Å². The number of amides is 1. The summed E-state index contributed by atoms with van der Waals surface area (Å²) >= 11 is 0. The first-order valence-corrected chi connectivity index (χ1v) is 6.57.